The molecule has 1 heterocycles. The van der Waals surface area contributed by atoms with E-state index < -0.39 is 0 Å². The van der Waals surface area contributed by atoms with Gasteiger partial charge < -0.3 is 14.5 Å². The number of amides is 1. The summed E-state index contributed by atoms with van der Waals surface area (Å²) in [7, 11) is 4.34. The molecule has 0 bridgehead atoms. The molecule has 0 aromatic heterocycles. The van der Waals surface area contributed by atoms with Crippen LogP contribution in [-0.4, -0.2) is 61.6 Å². The van der Waals surface area contributed by atoms with Gasteiger partial charge in [0.05, 0.1) is 6.10 Å². The van der Waals surface area contributed by atoms with Crippen molar-refractivity contribution in [2.45, 2.75) is 37.8 Å². The van der Waals surface area contributed by atoms with Gasteiger partial charge in [0.1, 0.15) is 0 Å². The predicted molar refractivity (Wildman–Crippen MR) is 124 cm³/mol. The van der Waals surface area contributed by atoms with E-state index in [2.05, 4.69) is 42.1 Å². The lowest BCUT2D eigenvalue weighted by atomic mass is 9.77. The Bertz CT molecular complexity index is 908. The van der Waals surface area contributed by atoms with Gasteiger partial charge in [-0.05, 0) is 80.8 Å². The van der Waals surface area contributed by atoms with Gasteiger partial charge in [-0.15, -0.1) is 0 Å². The van der Waals surface area contributed by atoms with Crippen molar-refractivity contribution < 1.29 is 9.53 Å². The minimum absolute atomic E-state index is 0.170. The average molecular weight is 419 g/mol. The molecule has 5 rings (SSSR count). The van der Waals surface area contributed by atoms with E-state index in [4.69, 9.17) is 4.74 Å². The van der Waals surface area contributed by atoms with Crippen molar-refractivity contribution in [2.24, 2.45) is 17.8 Å². The SMILES string of the molecule is CN(C)[C@@H]1C[C@@H]2CN(C(=O)c3cccc(-c4ccccc4)c3)C[C@@H]2C[C@H]1OCC1CC1. The van der Waals surface area contributed by atoms with Gasteiger partial charge in [-0.1, -0.05) is 42.5 Å². The molecule has 2 saturated carbocycles. The zero-order valence-corrected chi connectivity index (χ0v) is 18.7. The minimum atomic E-state index is 0.170. The number of likely N-dealkylation sites (N-methyl/N-ethyl adjacent to an activating group) is 1. The van der Waals surface area contributed by atoms with Gasteiger partial charge in [0.15, 0.2) is 0 Å². The van der Waals surface area contributed by atoms with E-state index in [0.717, 1.165) is 55.1 Å². The summed E-state index contributed by atoms with van der Waals surface area (Å²) in [5.74, 6) is 2.10. The van der Waals surface area contributed by atoms with E-state index in [-0.39, 0.29) is 5.91 Å². The lowest BCUT2D eigenvalue weighted by molar-refractivity contribution is -0.0493. The molecule has 2 aliphatic carbocycles. The second kappa shape index (κ2) is 8.76. The number of carbonyl (C=O) groups is 1. The number of benzene rings is 2. The van der Waals surface area contributed by atoms with Crippen LogP contribution in [0.2, 0.25) is 0 Å². The van der Waals surface area contributed by atoms with Crippen molar-refractivity contribution in [3.8, 4) is 11.1 Å². The summed E-state index contributed by atoms with van der Waals surface area (Å²) in [4.78, 5) is 17.8. The van der Waals surface area contributed by atoms with Crippen LogP contribution in [0.25, 0.3) is 11.1 Å². The Hall–Kier alpha value is -2.17. The Morgan fingerprint density at radius 1 is 0.968 bits per heavy atom. The first-order chi connectivity index (χ1) is 15.1. The number of hydrogen-bond donors (Lipinski definition) is 0. The first kappa shape index (κ1) is 20.7. The van der Waals surface area contributed by atoms with Crippen molar-refractivity contribution in [1.29, 1.82) is 0 Å². The van der Waals surface area contributed by atoms with Crippen LogP contribution < -0.4 is 0 Å². The summed E-state index contributed by atoms with van der Waals surface area (Å²) in [5, 5.41) is 0. The second-order valence-corrected chi connectivity index (χ2v) is 9.99. The van der Waals surface area contributed by atoms with E-state index in [1.54, 1.807) is 0 Å². The predicted octanol–water partition coefficient (Wildman–Crippen LogP) is 4.56. The van der Waals surface area contributed by atoms with Gasteiger partial charge in [0, 0.05) is 31.3 Å². The summed E-state index contributed by atoms with van der Waals surface area (Å²) in [6, 6.07) is 18.8. The lowest BCUT2D eigenvalue weighted by Gasteiger charge is -2.41. The Morgan fingerprint density at radius 2 is 1.68 bits per heavy atom. The molecule has 4 nitrogen and oxygen atoms in total. The molecule has 2 aromatic carbocycles. The van der Waals surface area contributed by atoms with Gasteiger partial charge >= 0.3 is 0 Å². The molecule has 3 aliphatic rings. The molecule has 1 aliphatic heterocycles. The third kappa shape index (κ3) is 4.56. The van der Waals surface area contributed by atoms with Crippen molar-refractivity contribution >= 4 is 5.91 Å². The number of carbonyl (C=O) groups excluding carboxylic acids is 1. The van der Waals surface area contributed by atoms with Gasteiger partial charge in [0.2, 0.25) is 0 Å². The Balaban J connectivity index is 1.28. The standard InChI is InChI=1S/C27H34N2O2/c1-28(2)25-14-23-16-29(17-24(23)15-26(25)31-18-19-11-12-19)27(30)22-10-6-9-21(13-22)20-7-4-3-5-8-20/h3-10,13,19,23-26H,11-12,14-18H2,1-2H3/t23-,24+,25-,26-/m1/s1. The highest BCUT2D eigenvalue weighted by atomic mass is 16.5. The Kier molecular flexibility index (Phi) is 5.85. The molecule has 2 aromatic rings. The zero-order chi connectivity index (χ0) is 21.4. The van der Waals surface area contributed by atoms with Gasteiger partial charge in [-0.3, -0.25) is 4.79 Å². The number of ether oxygens (including phenoxy) is 1. The molecule has 4 atom stereocenters. The fourth-order valence-electron chi connectivity index (χ4n) is 5.47. The summed E-state index contributed by atoms with van der Waals surface area (Å²) >= 11 is 0. The minimum Gasteiger partial charge on any atom is -0.376 e. The van der Waals surface area contributed by atoms with Crippen molar-refractivity contribution in [3.05, 3.63) is 60.2 Å². The van der Waals surface area contributed by atoms with E-state index in [1.165, 1.54) is 12.8 Å². The largest absolute Gasteiger partial charge is 0.376 e. The molecular formula is C27H34N2O2. The molecule has 0 N–H and O–H groups in total. The third-order valence-electron chi connectivity index (χ3n) is 7.49. The highest BCUT2D eigenvalue weighted by Gasteiger charge is 2.45. The number of nitrogens with zero attached hydrogens (tertiary/aromatic N) is 2. The number of fused-ring (bicyclic) bond motifs is 1. The van der Waals surface area contributed by atoms with Crippen LogP contribution in [0.4, 0.5) is 0 Å². The van der Waals surface area contributed by atoms with Crippen LogP contribution in [0, 0.1) is 17.8 Å². The van der Waals surface area contributed by atoms with Crippen LogP contribution in [0.5, 0.6) is 0 Å². The zero-order valence-electron chi connectivity index (χ0n) is 18.7. The van der Waals surface area contributed by atoms with Crippen molar-refractivity contribution in [1.82, 2.24) is 9.80 Å². The monoisotopic (exact) mass is 418 g/mol. The average Bonchev–Trinajstić information content (AvgIpc) is 3.54. The maximum absolute atomic E-state index is 13.4. The van der Waals surface area contributed by atoms with E-state index in [1.807, 2.05) is 36.4 Å². The summed E-state index contributed by atoms with van der Waals surface area (Å²) in [6.45, 7) is 2.66. The highest BCUT2D eigenvalue weighted by molar-refractivity contribution is 5.95. The quantitative estimate of drug-likeness (QED) is 0.689. The first-order valence-corrected chi connectivity index (χ1v) is 11.8. The van der Waals surface area contributed by atoms with Gasteiger partial charge in [-0.25, -0.2) is 0 Å². The lowest BCUT2D eigenvalue weighted by Crippen LogP contribution is -2.48. The van der Waals surface area contributed by atoms with Crippen LogP contribution in [-0.2, 0) is 4.74 Å². The Labute approximate surface area is 186 Å². The fraction of sp³-hybridized carbons (Fsp3) is 0.519. The molecule has 0 radical (unpaired) electrons. The molecular weight excluding hydrogens is 384 g/mol. The van der Waals surface area contributed by atoms with Crippen LogP contribution in [0.3, 0.4) is 0 Å². The third-order valence-corrected chi connectivity index (χ3v) is 7.49. The molecule has 1 amide bonds. The highest BCUT2D eigenvalue weighted by Crippen LogP contribution is 2.40. The molecule has 164 valence electrons. The number of likely N-dealkylation sites (tertiary alicyclic amines) is 1. The van der Waals surface area contributed by atoms with E-state index >= 15 is 0 Å². The van der Waals surface area contributed by atoms with Crippen molar-refractivity contribution in [2.75, 3.05) is 33.8 Å². The molecule has 4 heteroatoms. The van der Waals surface area contributed by atoms with E-state index in [9.17, 15) is 4.79 Å². The molecule has 1 saturated heterocycles. The van der Waals surface area contributed by atoms with Crippen LogP contribution in [0.1, 0.15) is 36.0 Å². The number of hydrogen-bond acceptors (Lipinski definition) is 3. The van der Waals surface area contributed by atoms with Crippen LogP contribution in [0.15, 0.2) is 54.6 Å². The Morgan fingerprint density at radius 3 is 2.39 bits per heavy atom. The first-order valence-electron chi connectivity index (χ1n) is 11.8. The van der Waals surface area contributed by atoms with Gasteiger partial charge in [0.25, 0.3) is 5.91 Å². The number of rotatable bonds is 6. The van der Waals surface area contributed by atoms with Crippen LogP contribution >= 0.6 is 0 Å². The summed E-state index contributed by atoms with van der Waals surface area (Å²) in [5.41, 5.74) is 3.05. The normalized spacial score (nSPS) is 28.0. The smallest absolute Gasteiger partial charge is 0.253 e. The van der Waals surface area contributed by atoms with Crippen molar-refractivity contribution in [3.63, 3.8) is 0 Å². The molecule has 3 fully saturated rings. The molecule has 31 heavy (non-hydrogen) atoms. The van der Waals surface area contributed by atoms with E-state index in [0.29, 0.717) is 24.0 Å². The topological polar surface area (TPSA) is 32.8 Å². The molecule has 0 spiro atoms. The molecule has 0 unspecified atom stereocenters. The van der Waals surface area contributed by atoms with Gasteiger partial charge in [-0.2, -0.15) is 0 Å². The second-order valence-electron chi connectivity index (χ2n) is 9.99. The fourth-order valence-corrected chi connectivity index (χ4v) is 5.47. The maximum Gasteiger partial charge on any atom is 0.253 e. The maximum atomic E-state index is 13.4. The summed E-state index contributed by atoms with van der Waals surface area (Å²) < 4.78 is 6.39. The summed E-state index contributed by atoms with van der Waals surface area (Å²) in [6.07, 6.45) is 5.16.